The number of carbonyl (C=O) groups excluding carboxylic acids is 1. The minimum Gasteiger partial charge on any atom is -1.00 e. The van der Waals surface area contributed by atoms with Crippen LogP contribution in [-0.4, -0.2) is 47.5 Å². The molecule has 0 bridgehead atoms. The zero-order valence-corrected chi connectivity index (χ0v) is 13.3. The molecule has 0 aromatic heterocycles. The van der Waals surface area contributed by atoms with Crippen LogP contribution in [-0.2, 0) is 9.36 Å². The summed E-state index contributed by atoms with van der Waals surface area (Å²) < 4.78 is 9.47. The van der Waals surface area contributed by atoms with Crippen LogP contribution in [0.15, 0.2) is 12.2 Å². The maximum Gasteiger partial charge on any atom is 0.314 e. The SMILES string of the molecule is C=C(C)C(=O)NC(CC)[N+](C)(C)C.O=[PH](O)O.[Cl-]. The summed E-state index contributed by atoms with van der Waals surface area (Å²) in [6.45, 7) is 7.39. The third-order valence-corrected chi connectivity index (χ3v) is 2.01. The molecule has 1 unspecified atom stereocenters. The van der Waals surface area contributed by atoms with E-state index < -0.39 is 8.25 Å². The first-order valence-electron chi connectivity index (χ1n) is 5.21. The van der Waals surface area contributed by atoms with Gasteiger partial charge in [0.1, 0.15) is 0 Å². The Hall–Kier alpha value is -0.390. The highest BCUT2D eigenvalue weighted by atomic mass is 35.5. The molecule has 0 spiro atoms. The van der Waals surface area contributed by atoms with Crippen molar-refractivity contribution in [3.63, 3.8) is 0 Å². The molecular weight excluding hydrogens is 279 g/mol. The predicted octanol–water partition coefficient (Wildman–Crippen LogP) is -2.51. The Labute approximate surface area is 116 Å². The van der Waals surface area contributed by atoms with Gasteiger partial charge in [-0.2, -0.15) is 0 Å². The lowest BCUT2D eigenvalue weighted by Crippen LogP contribution is -3.00. The number of nitrogens with zero attached hydrogens (tertiary/aromatic N) is 1. The molecule has 0 aromatic carbocycles. The summed E-state index contributed by atoms with van der Waals surface area (Å²) in [6.07, 6.45) is 1.08. The first-order chi connectivity index (χ1) is 7.52. The maximum atomic E-state index is 11.3. The summed E-state index contributed by atoms with van der Waals surface area (Å²) in [5, 5.41) is 2.94. The van der Waals surface area contributed by atoms with Gasteiger partial charge in [0.15, 0.2) is 6.17 Å². The van der Waals surface area contributed by atoms with Crippen LogP contribution >= 0.6 is 8.25 Å². The molecule has 0 fully saturated rings. The van der Waals surface area contributed by atoms with Crippen LogP contribution in [0.2, 0.25) is 0 Å². The maximum absolute atomic E-state index is 11.3. The molecule has 1 amide bonds. The Morgan fingerprint density at radius 3 is 1.89 bits per heavy atom. The van der Waals surface area contributed by atoms with Crippen molar-refractivity contribution in [3.05, 3.63) is 12.2 Å². The topological polar surface area (TPSA) is 86.6 Å². The van der Waals surface area contributed by atoms with Crippen LogP contribution in [0.1, 0.15) is 20.3 Å². The number of halogens is 1. The van der Waals surface area contributed by atoms with Gasteiger partial charge in [-0.25, -0.2) is 0 Å². The van der Waals surface area contributed by atoms with Crippen molar-refractivity contribution in [2.24, 2.45) is 0 Å². The lowest BCUT2D eigenvalue weighted by Gasteiger charge is -2.33. The number of quaternary nitrogens is 1. The Bertz CT molecular complexity index is 288. The Balaban J connectivity index is -0.000000392. The second-order valence-corrected chi connectivity index (χ2v) is 5.14. The summed E-state index contributed by atoms with van der Waals surface area (Å²) >= 11 is 0. The van der Waals surface area contributed by atoms with E-state index in [-0.39, 0.29) is 24.5 Å². The van der Waals surface area contributed by atoms with E-state index in [1.807, 2.05) is 0 Å². The smallest absolute Gasteiger partial charge is 0.314 e. The number of rotatable bonds is 4. The van der Waals surface area contributed by atoms with Gasteiger partial charge in [-0.3, -0.25) is 9.36 Å². The monoisotopic (exact) mass is 302 g/mol. The van der Waals surface area contributed by atoms with E-state index in [0.717, 1.165) is 10.9 Å². The van der Waals surface area contributed by atoms with E-state index in [1.165, 1.54) is 0 Å². The van der Waals surface area contributed by atoms with E-state index in [9.17, 15) is 4.79 Å². The number of hydrogen-bond acceptors (Lipinski definition) is 2. The molecule has 0 aliphatic rings. The molecule has 0 aromatic rings. The molecule has 18 heavy (non-hydrogen) atoms. The zero-order valence-electron chi connectivity index (χ0n) is 11.5. The minimum absolute atomic E-state index is 0. The average molecular weight is 303 g/mol. The van der Waals surface area contributed by atoms with Crippen molar-refractivity contribution in [2.75, 3.05) is 21.1 Å². The van der Waals surface area contributed by atoms with Gasteiger partial charge in [0, 0.05) is 12.0 Å². The Morgan fingerprint density at radius 1 is 1.39 bits per heavy atom. The summed E-state index contributed by atoms with van der Waals surface area (Å²) in [7, 11) is 3.06. The molecular formula is C10H24ClN2O4P. The summed E-state index contributed by atoms with van der Waals surface area (Å²) in [4.78, 5) is 25.7. The van der Waals surface area contributed by atoms with Crippen molar-refractivity contribution in [3.8, 4) is 0 Å². The van der Waals surface area contributed by atoms with E-state index in [4.69, 9.17) is 14.4 Å². The number of amides is 1. The van der Waals surface area contributed by atoms with Gasteiger partial charge < -0.3 is 32.0 Å². The quantitative estimate of drug-likeness (QED) is 0.232. The normalized spacial score (nSPS) is 11.8. The predicted molar refractivity (Wildman–Crippen MR) is 68.5 cm³/mol. The van der Waals surface area contributed by atoms with Gasteiger partial charge in [-0.05, 0) is 6.92 Å². The summed E-state index contributed by atoms with van der Waals surface area (Å²) in [6, 6.07) is 0. The van der Waals surface area contributed by atoms with Gasteiger partial charge in [0.05, 0.1) is 21.1 Å². The fourth-order valence-electron chi connectivity index (χ4n) is 1.12. The Kier molecular flexibility index (Phi) is 13.3. The molecule has 0 rings (SSSR count). The molecule has 3 N–H and O–H groups in total. The third kappa shape index (κ3) is 13.7. The van der Waals surface area contributed by atoms with E-state index in [2.05, 4.69) is 40.0 Å². The van der Waals surface area contributed by atoms with E-state index in [0.29, 0.717) is 5.57 Å². The van der Waals surface area contributed by atoms with E-state index >= 15 is 0 Å². The Morgan fingerprint density at radius 2 is 1.72 bits per heavy atom. The second-order valence-electron chi connectivity index (χ2n) is 4.58. The van der Waals surface area contributed by atoms with Gasteiger partial charge in [0.25, 0.3) is 5.91 Å². The summed E-state index contributed by atoms with van der Waals surface area (Å²) in [5.41, 5.74) is 0.562. The molecule has 0 aliphatic carbocycles. The molecule has 8 heteroatoms. The van der Waals surface area contributed by atoms with Crippen molar-refractivity contribution >= 4 is 14.2 Å². The molecule has 110 valence electrons. The highest BCUT2D eigenvalue weighted by molar-refractivity contribution is 7.30. The van der Waals surface area contributed by atoms with Gasteiger partial charge in [-0.1, -0.05) is 13.5 Å². The largest absolute Gasteiger partial charge is 1.00 e. The first kappa shape index (κ1) is 22.8. The first-order valence-corrected chi connectivity index (χ1v) is 6.52. The lowest BCUT2D eigenvalue weighted by atomic mass is 10.2. The number of nitrogens with one attached hydrogen (secondary N) is 1. The van der Waals surface area contributed by atoms with Gasteiger partial charge >= 0.3 is 8.25 Å². The molecule has 0 saturated carbocycles. The van der Waals surface area contributed by atoms with Gasteiger partial charge in [-0.15, -0.1) is 0 Å². The van der Waals surface area contributed by atoms with Crippen LogP contribution in [0, 0.1) is 0 Å². The average Bonchev–Trinajstić information content (AvgIpc) is 2.10. The molecule has 0 aliphatic heterocycles. The highest BCUT2D eigenvalue weighted by Crippen LogP contribution is 2.04. The minimum atomic E-state index is -3.13. The molecule has 6 nitrogen and oxygen atoms in total. The molecule has 0 saturated heterocycles. The van der Waals surface area contributed by atoms with Crippen molar-refractivity contribution in [1.82, 2.24) is 5.32 Å². The highest BCUT2D eigenvalue weighted by Gasteiger charge is 2.23. The van der Waals surface area contributed by atoms with Crippen molar-refractivity contribution in [2.45, 2.75) is 26.4 Å². The van der Waals surface area contributed by atoms with Crippen molar-refractivity contribution in [1.29, 1.82) is 0 Å². The molecule has 0 radical (unpaired) electrons. The van der Waals surface area contributed by atoms with Crippen LogP contribution < -0.4 is 17.7 Å². The zero-order chi connectivity index (χ0) is 14.2. The fraction of sp³-hybridized carbons (Fsp3) is 0.700. The van der Waals surface area contributed by atoms with Crippen molar-refractivity contribution < 1.29 is 36.0 Å². The number of hydrogen-bond donors (Lipinski definition) is 3. The lowest BCUT2D eigenvalue weighted by molar-refractivity contribution is -0.898. The van der Waals surface area contributed by atoms with Crippen LogP contribution in [0.25, 0.3) is 0 Å². The second kappa shape index (κ2) is 10.5. The van der Waals surface area contributed by atoms with Gasteiger partial charge in [0.2, 0.25) is 0 Å². The van der Waals surface area contributed by atoms with Crippen LogP contribution in [0.3, 0.4) is 0 Å². The fourth-order valence-corrected chi connectivity index (χ4v) is 1.12. The molecule has 1 atom stereocenters. The van der Waals surface area contributed by atoms with E-state index in [1.54, 1.807) is 6.92 Å². The van der Waals surface area contributed by atoms with Crippen LogP contribution in [0.4, 0.5) is 0 Å². The number of carbonyl (C=O) groups is 1. The molecule has 0 heterocycles. The summed E-state index contributed by atoms with van der Waals surface area (Å²) in [5.74, 6) is -0.0556. The van der Waals surface area contributed by atoms with Crippen LogP contribution in [0.5, 0.6) is 0 Å². The third-order valence-electron chi connectivity index (χ3n) is 2.01. The standard InChI is InChI=1S/C10H20N2O.ClH.H3O3P/c1-7-9(12(4,5)6)11-10(13)8(2)3;;1-4(2)3/h9H,2,7H2,1,3-6H3;1H;4H,(H2,1,2,3).